The van der Waals surface area contributed by atoms with Crippen molar-refractivity contribution in [2.75, 3.05) is 10.7 Å². The number of hydrogen-bond donors (Lipinski definition) is 1. The summed E-state index contributed by atoms with van der Waals surface area (Å²) >= 11 is 3.38. The molecule has 0 bridgehead atoms. The van der Waals surface area contributed by atoms with Crippen molar-refractivity contribution in [3.8, 4) is 0 Å². The number of nitrogens with one attached hydrogen (secondary N) is 1. The smallest absolute Gasteiger partial charge is 0.224 e. The minimum Gasteiger partial charge on any atom is -0.353 e. The Morgan fingerprint density at radius 3 is 2.56 bits per heavy atom. The zero-order valence-electron chi connectivity index (χ0n) is 15.6. The van der Waals surface area contributed by atoms with Crippen molar-refractivity contribution < 1.29 is 18.0 Å². The molecular formula is C19H25BrN2O4S. The van der Waals surface area contributed by atoms with Gasteiger partial charge >= 0.3 is 0 Å². The van der Waals surface area contributed by atoms with E-state index in [0.717, 1.165) is 31.2 Å². The monoisotopic (exact) mass is 456 g/mol. The molecule has 0 saturated heterocycles. The van der Waals surface area contributed by atoms with E-state index in [1.807, 2.05) is 13.0 Å². The first-order chi connectivity index (χ1) is 12.7. The van der Waals surface area contributed by atoms with Crippen molar-refractivity contribution in [2.45, 2.75) is 69.4 Å². The largest absolute Gasteiger partial charge is 0.353 e. The zero-order valence-corrected chi connectivity index (χ0v) is 18.0. The summed E-state index contributed by atoms with van der Waals surface area (Å²) in [6, 6.07) is 3.48. The molecule has 2 aliphatic rings. The van der Waals surface area contributed by atoms with Crippen LogP contribution in [0.5, 0.6) is 0 Å². The Kier molecular flexibility index (Phi) is 5.96. The first-order valence-electron chi connectivity index (χ1n) is 9.33. The van der Waals surface area contributed by atoms with Crippen molar-refractivity contribution in [3.05, 3.63) is 22.2 Å². The third-order valence-electron chi connectivity index (χ3n) is 5.31. The van der Waals surface area contributed by atoms with Gasteiger partial charge in [-0.15, -0.1) is 0 Å². The Labute approximate surface area is 168 Å². The molecule has 148 valence electrons. The number of carbonyl (C=O) groups is 2. The minimum absolute atomic E-state index is 0.0737. The van der Waals surface area contributed by atoms with Gasteiger partial charge in [0.25, 0.3) is 0 Å². The maximum Gasteiger partial charge on any atom is 0.224 e. The molecule has 2 amide bonds. The molecule has 0 radical (unpaired) electrons. The Bertz CT molecular complexity index is 863. The molecule has 0 aromatic heterocycles. The maximum atomic E-state index is 13.0. The van der Waals surface area contributed by atoms with Crippen LogP contribution in [0.15, 0.2) is 21.5 Å². The highest BCUT2D eigenvalue weighted by Gasteiger charge is 2.35. The summed E-state index contributed by atoms with van der Waals surface area (Å²) < 4.78 is 26.7. The minimum atomic E-state index is -3.71. The molecule has 1 N–H and O–H groups in total. The topological polar surface area (TPSA) is 83.6 Å². The van der Waals surface area contributed by atoms with E-state index in [9.17, 15) is 18.0 Å². The molecule has 8 heteroatoms. The molecule has 1 aromatic carbocycles. The van der Waals surface area contributed by atoms with Gasteiger partial charge in [-0.05, 0) is 43.9 Å². The predicted molar refractivity (Wildman–Crippen MR) is 108 cm³/mol. The van der Waals surface area contributed by atoms with Crippen LogP contribution in [0.4, 0.5) is 5.69 Å². The van der Waals surface area contributed by atoms with Gasteiger partial charge in [0.2, 0.25) is 11.8 Å². The maximum absolute atomic E-state index is 13.0. The van der Waals surface area contributed by atoms with E-state index in [4.69, 9.17) is 0 Å². The van der Waals surface area contributed by atoms with Crippen LogP contribution < -0.4 is 10.2 Å². The number of benzene rings is 1. The number of halogens is 1. The standard InChI is InChI=1S/C19H25BrN2O4S/c1-12-9-14-10-15(20)11-17(19(14)22(12)13(2)23)27(25,26)8-7-18(24)21-16-5-3-4-6-16/h10-12,16H,3-9H2,1-2H3,(H,21,24). The van der Waals surface area contributed by atoms with Gasteiger partial charge in [0, 0.05) is 29.9 Å². The number of rotatable bonds is 5. The summed E-state index contributed by atoms with van der Waals surface area (Å²) in [6.45, 7) is 3.35. The van der Waals surface area contributed by atoms with Crippen LogP contribution in [-0.2, 0) is 25.8 Å². The second-order valence-corrected chi connectivity index (χ2v) is 10.5. The molecule has 6 nitrogen and oxygen atoms in total. The first kappa shape index (κ1) is 20.3. The van der Waals surface area contributed by atoms with Gasteiger partial charge in [-0.3, -0.25) is 9.59 Å². The lowest BCUT2D eigenvalue weighted by atomic mass is 10.1. The lowest BCUT2D eigenvalue weighted by molar-refractivity contribution is -0.121. The summed E-state index contributed by atoms with van der Waals surface area (Å²) in [4.78, 5) is 25.9. The highest BCUT2D eigenvalue weighted by atomic mass is 79.9. The predicted octanol–water partition coefficient (Wildman–Crippen LogP) is 2.97. The van der Waals surface area contributed by atoms with Crippen LogP contribution >= 0.6 is 15.9 Å². The van der Waals surface area contributed by atoms with Crippen LogP contribution in [0.1, 0.15) is 51.5 Å². The Hall–Kier alpha value is -1.41. The molecule has 1 fully saturated rings. The second-order valence-electron chi connectivity index (χ2n) is 7.47. The molecule has 27 heavy (non-hydrogen) atoms. The van der Waals surface area contributed by atoms with Crippen LogP contribution in [0.25, 0.3) is 0 Å². The molecule has 1 atom stereocenters. The molecule has 1 aliphatic heterocycles. The van der Waals surface area contributed by atoms with Gasteiger partial charge in [-0.25, -0.2) is 8.42 Å². The van der Waals surface area contributed by atoms with Crippen LogP contribution in [0, 0.1) is 0 Å². The van der Waals surface area contributed by atoms with Crippen molar-refractivity contribution in [1.29, 1.82) is 0 Å². The Morgan fingerprint density at radius 1 is 1.26 bits per heavy atom. The molecule has 1 aliphatic carbocycles. The van der Waals surface area contributed by atoms with E-state index < -0.39 is 9.84 Å². The van der Waals surface area contributed by atoms with E-state index in [2.05, 4.69) is 21.2 Å². The molecule has 0 spiro atoms. The molecule has 1 saturated carbocycles. The van der Waals surface area contributed by atoms with E-state index in [0.29, 0.717) is 16.6 Å². The van der Waals surface area contributed by atoms with E-state index >= 15 is 0 Å². The highest BCUT2D eigenvalue weighted by molar-refractivity contribution is 9.10. The molecule has 1 aromatic rings. The quantitative estimate of drug-likeness (QED) is 0.737. The summed E-state index contributed by atoms with van der Waals surface area (Å²) in [5.74, 6) is -0.679. The molecule has 3 rings (SSSR count). The number of sulfone groups is 1. The van der Waals surface area contributed by atoms with Gasteiger partial charge in [-0.1, -0.05) is 28.8 Å². The van der Waals surface area contributed by atoms with E-state index in [-0.39, 0.29) is 41.0 Å². The van der Waals surface area contributed by atoms with Crippen molar-refractivity contribution in [2.24, 2.45) is 0 Å². The molecule has 1 heterocycles. The van der Waals surface area contributed by atoms with Crippen LogP contribution in [0.3, 0.4) is 0 Å². The van der Waals surface area contributed by atoms with Crippen molar-refractivity contribution in [3.63, 3.8) is 0 Å². The van der Waals surface area contributed by atoms with E-state index in [1.165, 1.54) is 13.0 Å². The zero-order chi connectivity index (χ0) is 19.8. The van der Waals surface area contributed by atoms with Crippen LogP contribution in [-0.4, -0.2) is 38.1 Å². The summed E-state index contributed by atoms with van der Waals surface area (Å²) in [7, 11) is -3.71. The average Bonchev–Trinajstić information content (AvgIpc) is 3.18. The summed E-state index contributed by atoms with van der Waals surface area (Å²) in [6.07, 6.45) is 4.67. The van der Waals surface area contributed by atoms with Gasteiger partial charge in [0.1, 0.15) is 0 Å². The Morgan fingerprint density at radius 2 is 1.93 bits per heavy atom. The number of nitrogens with zero attached hydrogens (tertiary/aromatic N) is 1. The van der Waals surface area contributed by atoms with Gasteiger partial charge < -0.3 is 10.2 Å². The van der Waals surface area contributed by atoms with Crippen LogP contribution in [0.2, 0.25) is 0 Å². The van der Waals surface area contributed by atoms with Gasteiger partial charge in [-0.2, -0.15) is 0 Å². The van der Waals surface area contributed by atoms with Crippen molar-refractivity contribution in [1.82, 2.24) is 5.32 Å². The van der Waals surface area contributed by atoms with Gasteiger partial charge in [0.05, 0.1) is 16.3 Å². The second kappa shape index (κ2) is 7.91. The lowest BCUT2D eigenvalue weighted by Gasteiger charge is -2.23. The lowest BCUT2D eigenvalue weighted by Crippen LogP contribution is -2.35. The number of carbonyl (C=O) groups excluding carboxylic acids is 2. The third kappa shape index (κ3) is 4.37. The summed E-state index contributed by atoms with van der Waals surface area (Å²) in [5.41, 5.74) is 1.30. The average molecular weight is 457 g/mol. The fourth-order valence-corrected chi connectivity index (χ4v) is 6.26. The summed E-state index contributed by atoms with van der Waals surface area (Å²) in [5, 5.41) is 2.92. The third-order valence-corrected chi connectivity index (χ3v) is 7.49. The van der Waals surface area contributed by atoms with E-state index in [1.54, 1.807) is 4.90 Å². The number of anilines is 1. The normalized spacial score (nSPS) is 20.0. The van der Waals surface area contributed by atoms with Gasteiger partial charge in [0.15, 0.2) is 9.84 Å². The highest BCUT2D eigenvalue weighted by Crippen LogP contribution is 2.40. The fraction of sp³-hybridized carbons (Fsp3) is 0.579. The van der Waals surface area contributed by atoms with Crippen molar-refractivity contribution >= 4 is 43.3 Å². The fourth-order valence-electron chi connectivity index (χ4n) is 4.10. The SMILES string of the molecule is CC(=O)N1c2c(cc(Br)cc2S(=O)(=O)CCC(=O)NC2CCCC2)CC1C. The molecular weight excluding hydrogens is 432 g/mol. The number of fused-ring (bicyclic) bond motifs is 1. The number of amides is 2. The molecule has 1 unspecified atom stereocenters. The number of hydrogen-bond acceptors (Lipinski definition) is 4. The first-order valence-corrected chi connectivity index (χ1v) is 11.8. The Balaban J connectivity index is 1.82.